The van der Waals surface area contributed by atoms with Crippen molar-refractivity contribution in [1.82, 2.24) is 14.7 Å². The number of carbonyl (C=O) groups is 1. The molecule has 1 fully saturated rings. The van der Waals surface area contributed by atoms with Crippen molar-refractivity contribution in [1.29, 1.82) is 0 Å². The number of fused-ring (bicyclic) bond motifs is 1. The Hall–Kier alpha value is -1.64. The lowest BCUT2D eigenvalue weighted by molar-refractivity contribution is 0.0606. The molecule has 2 aromatic heterocycles. The molecule has 1 unspecified atom stereocenters. The lowest BCUT2D eigenvalue weighted by Crippen LogP contribution is -2.44. The van der Waals surface area contributed by atoms with Crippen LogP contribution in [-0.2, 0) is 16.3 Å². The Bertz CT molecular complexity index is 909. The van der Waals surface area contributed by atoms with E-state index in [-0.39, 0.29) is 24.5 Å². The highest BCUT2D eigenvalue weighted by Gasteiger charge is 2.41. The van der Waals surface area contributed by atoms with E-state index < -0.39 is 21.3 Å². The SMILES string of the molecule is CCc1nc2ccc(Cl)cn2c1C(=O)NCC1(O)CCS(=O)(=O)C1. The minimum Gasteiger partial charge on any atom is -0.387 e. The summed E-state index contributed by atoms with van der Waals surface area (Å²) in [4.78, 5) is 17.0. The third kappa shape index (κ3) is 3.26. The molecule has 0 radical (unpaired) electrons. The van der Waals surface area contributed by atoms with Crippen molar-refractivity contribution in [3.63, 3.8) is 0 Å². The van der Waals surface area contributed by atoms with Crippen LogP contribution in [0.25, 0.3) is 5.65 Å². The number of pyridine rings is 1. The smallest absolute Gasteiger partial charge is 0.270 e. The van der Waals surface area contributed by atoms with Gasteiger partial charge in [0.2, 0.25) is 0 Å². The van der Waals surface area contributed by atoms with Crippen molar-refractivity contribution < 1.29 is 18.3 Å². The van der Waals surface area contributed by atoms with Gasteiger partial charge in [0.05, 0.1) is 27.8 Å². The second-order valence-electron chi connectivity index (χ2n) is 6.09. The zero-order chi connectivity index (χ0) is 17.5. The highest BCUT2D eigenvalue weighted by molar-refractivity contribution is 7.91. The number of hydrogen-bond donors (Lipinski definition) is 2. The number of nitrogens with one attached hydrogen (secondary N) is 1. The number of aryl methyl sites for hydroxylation is 1. The summed E-state index contributed by atoms with van der Waals surface area (Å²) in [5, 5.41) is 13.4. The number of sulfone groups is 1. The Morgan fingerprint density at radius 2 is 2.25 bits per heavy atom. The monoisotopic (exact) mass is 371 g/mol. The van der Waals surface area contributed by atoms with Crippen LogP contribution in [0, 0.1) is 0 Å². The van der Waals surface area contributed by atoms with Gasteiger partial charge in [-0.2, -0.15) is 0 Å². The molecule has 130 valence electrons. The van der Waals surface area contributed by atoms with Crippen LogP contribution in [0.4, 0.5) is 0 Å². The maximum Gasteiger partial charge on any atom is 0.270 e. The predicted molar refractivity (Wildman–Crippen MR) is 90.1 cm³/mol. The number of carbonyl (C=O) groups excluding carboxylic acids is 1. The van der Waals surface area contributed by atoms with Crippen molar-refractivity contribution in [3.8, 4) is 0 Å². The lowest BCUT2D eigenvalue weighted by Gasteiger charge is -2.21. The molecule has 0 bridgehead atoms. The van der Waals surface area contributed by atoms with Crippen LogP contribution in [0.15, 0.2) is 18.3 Å². The zero-order valence-electron chi connectivity index (χ0n) is 13.1. The standard InChI is InChI=1S/C15H18ClN3O4S/c1-2-11-13(19-7-10(16)3-4-12(19)18-11)14(20)17-8-15(21)5-6-24(22,23)9-15/h3-4,7,21H,2,5-6,8-9H2,1H3,(H,17,20). The normalized spacial score (nSPS) is 22.8. The van der Waals surface area contributed by atoms with Gasteiger partial charge in [-0.05, 0) is 25.0 Å². The summed E-state index contributed by atoms with van der Waals surface area (Å²) in [6.45, 7) is 1.76. The van der Waals surface area contributed by atoms with Gasteiger partial charge in [0.15, 0.2) is 9.84 Å². The van der Waals surface area contributed by atoms with Crippen molar-refractivity contribution in [2.24, 2.45) is 0 Å². The Labute approximate surface area is 144 Å². The summed E-state index contributed by atoms with van der Waals surface area (Å²) in [7, 11) is -3.25. The fourth-order valence-corrected chi connectivity index (χ4v) is 4.98. The third-order valence-electron chi connectivity index (χ3n) is 4.15. The second-order valence-corrected chi connectivity index (χ2v) is 8.71. The molecule has 3 heterocycles. The predicted octanol–water partition coefficient (Wildman–Crippen LogP) is 0.829. The first-order valence-electron chi connectivity index (χ1n) is 7.60. The van der Waals surface area contributed by atoms with Gasteiger partial charge in [-0.25, -0.2) is 13.4 Å². The van der Waals surface area contributed by atoms with Crippen molar-refractivity contribution in [2.75, 3.05) is 18.1 Å². The van der Waals surface area contributed by atoms with Crippen molar-refractivity contribution >= 4 is 33.0 Å². The highest BCUT2D eigenvalue weighted by atomic mass is 35.5. The molecule has 2 N–H and O–H groups in total. The molecule has 0 aliphatic carbocycles. The molecule has 7 nitrogen and oxygen atoms in total. The van der Waals surface area contributed by atoms with Gasteiger partial charge in [-0.1, -0.05) is 18.5 Å². The average Bonchev–Trinajstić information content (AvgIpc) is 3.01. The fourth-order valence-electron chi connectivity index (χ4n) is 2.92. The first kappa shape index (κ1) is 17.2. The zero-order valence-corrected chi connectivity index (χ0v) is 14.7. The number of aromatic nitrogens is 2. The summed E-state index contributed by atoms with van der Waals surface area (Å²) < 4.78 is 24.7. The molecule has 1 saturated heterocycles. The van der Waals surface area contributed by atoms with Crippen LogP contribution >= 0.6 is 11.6 Å². The number of nitrogens with zero attached hydrogens (tertiary/aromatic N) is 2. The van der Waals surface area contributed by atoms with Crippen LogP contribution in [0.1, 0.15) is 29.5 Å². The molecule has 9 heteroatoms. The van der Waals surface area contributed by atoms with E-state index in [1.54, 1.807) is 22.7 Å². The molecule has 1 aliphatic rings. The van der Waals surface area contributed by atoms with Crippen molar-refractivity contribution in [3.05, 3.63) is 34.7 Å². The summed E-state index contributed by atoms with van der Waals surface area (Å²) >= 11 is 5.99. The number of aliphatic hydroxyl groups is 1. The summed E-state index contributed by atoms with van der Waals surface area (Å²) in [6.07, 6.45) is 2.28. The number of hydrogen-bond acceptors (Lipinski definition) is 5. The lowest BCUT2D eigenvalue weighted by atomic mass is 10.0. The van der Waals surface area contributed by atoms with Crippen LogP contribution in [0.3, 0.4) is 0 Å². The first-order chi connectivity index (χ1) is 11.2. The molecule has 24 heavy (non-hydrogen) atoms. The quantitative estimate of drug-likeness (QED) is 0.829. The summed E-state index contributed by atoms with van der Waals surface area (Å²) in [6, 6.07) is 3.41. The molecule has 1 atom stereocenters. The van der Waals surface area contributed by atoms with E-state index in [4.69, 9.17) is 11.6 Å². The Balaban J connectivity index is 1.85. The van der Waals surface area contributed by atoms with Gasteiger partial charge in [0.1, 0.15) is 11.3 Å². The number of imidazole rings is 1. The molecule has 1 aliphatic heterocycles. The van der Waals surface area contributed by atoms with Crippen molar-refractivity contribution in [2.45, 2.75) is 25.4 Å². The van der Waals surface area contributed by atoms with E-state index in [0.29, 0.717) is 28.5 Å². The molecule has 2 aromatic rings. The maximum atomic E-state index is 12.6. The maximum absolute atomic E-state index is 12.6. The van der Waals surface area contributed by atoms with Gasteiger partial charge < -0.3 is 10.4 Å². The van der Waals surface area contributed by atoms with Crippen LogP contribution in [0.2, 0.25) is 5.02 Å². The molecule has 0 spiro atoms. The number of rotatable bonds is 4. The van der Waals surface area contributed by atoms with E-state index in [1.165, 1.54) is 0 Å². The van der Waals surface area contributed by atoms with Crippen LogP contribution in [0.5, 0.6) is 0 Å². The van der Waals surface area contributed by atoms with E-state index >= 15 is 0 Å². The largest absolute Gasteiger partial charge is 0.387 e. The van der Waals surface area contributed by atoms with Gasteiger partial charge in [-0.15, -0.1) is 0 Å². The highest BCUT2D eigenvalue weighted by Crippen LogP contribution is 2.23. The third-order valence-corrected chi connectivity index (χ3v) is 6.18. The fraction of sp³-hybridized carbons (Fsp3) is 0.467. The van der Waals surface area contributed by atoms with Crippen LogP contribution in [-0.4, -0.2) is 52.5 Å². The minimum absolute atomic E-state index is 0.0647. The Morgan fingerprint density at radius 3 is 2.88 bits per heavy atom. The van der Waals surface area contributed by atoms with Gasteiger partial charge in [0.25, 0.3) is 5.91 Å². The molecular formula is C15H18ClN3O4S. The molecular weight excluding hydrogens is 354 g/mol. The van der Waals surface area contributed by atoms with E-state index in [2.05, 4.69) is 10.3 Å². The molecule has 0 saturated carbocycles. The summed E-state index contributed by atoms with van der Waals surface area (Å²) in [5.74, 6) is -0.815. The molecule has 1 amide bonds. The van der Waals surface area contributed by atoms with E-state index in [9.17, 15) is 18.3 Å². The molecule has 0 aromatic carbocycles. The summed E-state index contributed by atoms with van der Waals surface area (Å²) in [5.41, 5.74) is 0.141. The van der Waals surface area contributed by atoms with E-state index in [1.807, 2.05) is 6.92 Å². The number of amides is 1. The first-order valence-corrected chi connectivity index (χ1v) is 9.80. The van der Waals surface area contributed by atoms with E-state index in [0.717, 1.165) is 0 Å². The average molecular weight is 372 g/mol. The topological polar surface area (TPSA) is 101 Å². The Morgan fingerprint density at radius 1 is 1.50 bits per heavy atom. The molecule has 3 rings (SSSR count). The van der Waals surface area contributed by atoms with Gasteiger partial charge >= 0.3 is 0 Å². The number of halogens is 1. The Kier molecular flexibility index (Phi) is 4.31. The minimum atomic E-state index is -3.25. The van der Waals surface area contributed by atoms with Crippen LogP contribution < -0.4 is 5.32 Å². The second kappa shape index (κ2) is 6.02. The van der Waals surface area contributed by atoms with Gasteiger partial charge in [0, 0.05) is 12.7 Å². The van der Waals surface area contributed by atoms with Gasteiger partial charge in [-0.3, -0.25) is 9.20 Å².